The van der Waals surface area contributed by atoms with Gasteiger partial charge in [0, 0.05) is 0 Å². The van der Waals surface area contributed by atoms with E-state index in [4.69, 9.17) is 20.9 Å². The highest BCUT2D eigenvalue weighted by molar-refractivity contribution is 8.60. The Morgan fingerprint density at radius 2 is 1.03 bits per heavy atom. The smallest absolute Gasteiger partial charge is 0.244 e. The van der Waals surface area contributed by atoms with Crippen LogP contribution < -0.4 is 0 Å². The van der Waals surface area contributed by atoms with Gasteiger partial charge in [0.25, 0.3) is 0 Å². The van der Waals surface area contributed by atoms with Crippen LogP contribution in [0.25, 0.3) is 0 Å². The van der Waals surface area contributed by atoms with E-state index in [1.165, 1.54) is 109 Å². The van der Waals surface area contributed by atoms with Crippen LogP contribution in [-0.4, -0.2) is 12.7 Å². The summed E-state index contributed by atoms with van der Waals surface area (Å²) in [5, 5.41) is 0. The van der Waals surface area contributed by atoms with Gasteiger partial charge >= 0.3 is 0 Å². The molecule has 0 fully saturated rings. The Labute approximate surface area is 194 Å². The molecular formula is C24H51O2PS2. The zero-order valence-corrected chi connectivity index (χ0v) is 22.4. The van der Waals surface area contributed by atoms with E-state index in [1.807, 2.05) is 0 Å². The first-order valence-electron chi connectivity index (χ1n) is 12.7. The second-order valence-corrected chi connectivity index (χ2v) is 13.9. The quantitative estimate of drug-likeness (QED) is 0.0917. The summed E-state index contributed by atoms with van der Waals surface area (Å²) in [7, 11) is 0. The molecular weight excluding hydrogens is 415 g/mol. The van der Waals surface area contributed by atoms with Crippen molar-refractivity contribution in [1.29, 1.82) is 0 Å². The van der Waals surface area contributed by atoms with Gasteiger partial charge in [-0.15, -0.1) is 0 Å². The van der Waals surface area contributed by atoms with Crippen LogP contribution >= 0.6 is 17.9 Å². The molecule has 0 aliphatic carbocycles. The zero-order chi connectivity index (χ0) is 21.6. The van der Waals surface area contributed by atoms with Crippen molar-refractivity contribution in [3.8, 4) is 0 Å². The molecule has 0 saturated heterocycles. The van der Waals surface area contributed by atoms with E-state index >= 15 is 0 Å². The summed E-state index contributed by atoms with van der Waals surface area (Å²) in [6.45, 7) is 7.35. The molecule has 2 atom stereocenters. The van der Waals surface area contributed by atoms with Gasteiger partial charge in [-0.05, 0) is 31.6 Å². The zero-order valence-electron chi connectivity index (χ0n) is 19.8. The lowest BCUT2D eigenvalue weighted by atomic mass is 10.1. The van der Waals surface area contributed by atoms with E-state index in [0.29, 0.717) is 6.61 Å². The first kappa shape index (κ1) is 29.9. The summed E-state index contributed by atoms with van der Waals surface area (Å²) in [6.07, 6.45) is 25.3. The standard InChI is InChI=1S/C24H51O2PS2/c1-4-6-8-10-12-14-15-17-19-21-23-25-27(28,29)26-24(3)22-20-18-16-13-11-9-7-5-2/h24H,4-23H2,1-3H3,(H,28,29). The van der Waals surface area contributed by atoms with Crippen molar-refractivity contribution in [3.05, 3.63) is 0 Å². The Bertz CT molecular complexity index is 380. The number of unbranched alkanes of at least 4 members (excludes halogenated alkanes) is 16. The highest BCUT2D eigenvalue weighted by Crippen LogP contribution is 2.54. The van der Waals surface area contributed by atoms with Crippen LogP contribution in [0.3, 0.4) is 0 Å². The number of rotatable bonds is 23. The molecule has 0 aliphatic rings. The van der Waals surface area contributed by atoms with E-state index in [9.17, 15) is 0 Å². The minimum absolute atomic E-state index is 0.158. The van der Waals surface area contributed by atoms with Gasteiger partial charge < -0.3 is 9.05 Å². The summed E-state index contributed by atoms with van der Waals surface area (Å²) in [4.78, 5) is 0. The van der Waals surface area contributed by atoms with Crippen LogP contribution in [0.2, 0.25) is 0 Å². The van der Waals surface area contributed by atoms with Gasteiger partial charge in [-0.1, -0.05) is 135 Å². The highest BCUT2D eigenvalue weighted by Gasteiger charge is 2.17. The molecule has 0 amide bonds. The van der Waals surface area contributed by atoms with Crippen LogP contribution in [0.4, 0.5) is 0 Å². The minimum Gasteiger partial charge on any atom is -0.322 e. The van der Waals surface area contributed by atoms with Crippen LogP contribution in [0, 0.1) is 0 Å². The van der Waals surface area contributed by atoms with Crippen LogP contribution in [-0.2, 0) is 20.9 Å². The van der Waals surface area contributed by atoms with Crippen molar-refractivity contribution in [2.75, 3.05) is 6.61 Å². The summed E-state index contributed by atoms with van der Waals surface area (Å²) in [6, 6.07) is 0. The average Bonchev–Trinajstić information content (AvgIpc) is 2.67. The van der Waals surface area contributed by atoms with Crippen LogP contribution in [0.1, 0.15) is 143 Å². The molecule has 0 radical (unpaired) electrons. The van der Waals surface area contributed by atoms with Crippen molar-refractivity contribution in [2.24, 2.45) is 0 Å². The molecule has 0 rings (SSSR count). The molecule has 0 saturated carbocycles. The lowest BCUT2D eigenvalue weighted by Gasteiger charge is -2.21. The highest BCUT2D eigenvalue weighted by atomic mass is 32.9. The third-order valence-corrected chi connectivity index (χ3v) is 7.87. The van der Waals surface area contributed by atoms with Gasteiger partial charge in [-0.25, -0.2) is 0 Å². The Balaban J connectivity index is 3.49. The molecule has 176 valence electrons. The molecule has 2 unspecified atom stereocenters. The molecule has 5 heteroatoms. The molecule has 0 bridgehead atoms. The maximum absolute atomic E-state index is 5.96. The number of hydrogen-bond acceptors (Lipinski definition) is 3. The van der Waals surface area contributed by atoms with Crippen molar-refractivity contribution in [3.63, 3.8) is 0 Å². The van der Waals surface area contributed by atoms with Gasteiger partial charge in [0.05, 0.1) is 12.7 Å². The predicted molar refractivity (Wildman–Crippen MR) is 139 cm³/mol. The van der Waals surface area contributed by atoms with E-state index in [2.05, 4.69) is 33.0 Å². The fourth-order valence-corrected chi connectivity index (χ4v) is 6.02. The molecule has 0 aromatic carbocycles. The summed E-state index contributed by atoms with van der Waals surface area (Å²) >= 11 is 10.00. The fourth-order valence-electron chi connectivity index (χ4n) is 3.65. The molecule has 0 aliphatic heterocycles. The average molecular weight is 467 g/mol. The van der Waals surface area contributed by atoms with Gasteiger partial charge in [-0.2, -0.15) is 0 Å². The van der Waals surface area contributed by atoms with Gasteiger partial charge in [0.1, 0.15) is 0 Å². The fraction of sp³-hybridized carbons (Fsp3) is 1.00. The van der Waals surface area contributed by atoms with E-state index in [0.717, 1.165) is 12.8 Å². The minimum atomic E-state index is -2.37. The summed E-state index contributed by atoms with van der Waals surface area (Å²) in [5.74, 6) is 0. The molecule has 0 spiro atoms. The van der Waals surface area contributed by atoms with Crippen LogP contribution in [0.15, 0.2) is 0 Å². The first-order chi connectivity index (χ1) is 14.0. The monoisotopic (exact) mass is 466 g/mol. The van der Waals surface area contributed by atoms with Gasteiger partial charge in [0.2, 0.25) is 5.69 Å². The van der Waals surface area contributed by atoms with Crippen molar-refractivity contribution < 1.29 is 9.05 Å². The maximum Gasteiger partial charge on any atom is 0.244 e. The largest absolute Gasteiger partial charge is 0.322 e. The van der Waals surface area contributed by atoms with Crippen molar-refractivity contribution in [1.82, 2.24) is 0 Å². The Morgan fingerprint density at radius 3 is 1.48 bits per heavy atom. The van der Waals surface area contributed by atoms with Crippen LogP contribution in [0.5, 0.6) is 0 Å². The molecule has 0 aromatic heterocycles. The number of thiol groups is 1. The third kappa shape index (κ3) is 23.4. The van der Waals surface area contributed by atoms with Gasteiger partial charge in [-0.3, -0.25) is 0 Å². The van der Waals surface area contributed by atoms with E-state index < -0.39 is 5.69 Å². The lowest BCUT2D eigenvalue weighted by molar-refractivity contribution is 0.187. The topological polar surface area (TPSA) is 18.5 Å². The first-order valence-corrected chi connectivity index (χ1v) is 16.5. The number of hydrogen-bond donors (Lipinski definition) is 1. The van der Waals surface area contributed by atoms with E-state index in [-0.39, 0.29) is 6.10 Å². The SMILES string of the molecule is CCCCCCCCCCCCOP(=S)(S)OC(C)CCCCCCCCCC. The second kappa shape index (κ2) is 22.1. The lowest BCUT2D eigenvalue weighted by Crippen LogP contribution is -2.06. The molecule has 0 aromatic rings. The van der Waals surface area contributed by atoms with Crippen molar-refractivity contribution >= 4 is 29.7 Å². The van der Waals surface area contributed by atoms with Gasteiger partial charge in [0.15, 0.2) is 0 Å². The van der Waals surface area contributed by atoms with E-state index in [1.54, 1.807) is 0 Å². The van der Waals surface area contributed by atoms with Crippen molar-refractivity contribution in [2.45, 2.75) is 149 Å². The Morgan fingerprint density at radius 1 is 0.655 bits per heavy atom. The molecule has 0 N–H and O–H groups in total. The molecule has 0 heterocycles. The Kier molecular flexibility index (Phi) is 22.8. The predicted octanol–water partition coefficient (Wildman–Crippen LogP) is 10.0. The second-order valence-electron chi connectivity index (χ2n) is 8.66. The summed E-state index contributed by atoms with van der Waals surface area (Å²) in [5.41, 5.74) is -2.37. The Hall–Kier alpha value is 0.920. The normalized spacial score (nSPS) is 14.8. The maximum atomic E-state index is 5.96. The molecule has 29 heavy (non-hydrogen) atoms. The third-order valence-electron chi connectivity index (χ3n) is 5.53. The summed E-state index contributed by atoms with van der Waals surface area (Å²) < 4.78 is 11.8. The molecule has 2 nitrogen and oxygen atoms in total.